The van der Waals surface area contributed by atoms with Gasteiger partial charge in [-0.25, -0.2) is 4.39 Å². The van der Waals surface area contributed by atoms with Crippen molar-refractivity contribution in [1.29, 1.82) is 0 Å². The van der Waals surface area contributed by atoms with Gasteiger partial charge in [0.15, 0.2) is 0 Å². The minimum absolute atomic E-state index is 0.00639. The van der Waals surface area contributed by atoms with Gasteiger partial charge in [-0.05, 0) is 24.6 Å². The molecule has 0 atom stereocenters. The molecule has 0 bridgehead atoms. The molecule has 0 heterocycles. The van der Waals surface area contributed by atoms with Crippen LogP contribution in [-0.2, 0) is 0 Å². The molecule has 4 heteroatoms. The summed E-state index contributed by atoms with van der Waals surface area (Å²) < 4.78 is 13.6. The zero-order valence-electron chi connectivity index (χ0n) is 11.0. The number of aliphatic hydroxyl groups is 1. The molecule has 0 aliphatic rings. The first-order chi connectivity index (χ1) is 9.19. The lowest BCUT2D eigenvalue weighted by atomic mass is 10.1. The maximum absolute atomic E-state index is 13.6. The van der Waals surface area contributed by atoms with E-state index in [1.807, 2.05) is 6.92 Å². The highest BCUT2D eigenvalue weighted by atomic mass is 19.1. The number of hydrogen-bond donors (Lipinski definition) is 2. The van der Waals surface area contributed by atoms with E-state index in [9.17, 15) is 9.18 Å². The van der Waals surface area contributed by atoms with E-state index in [-0.39, 0.29) is 12.2 Å². The lowest BCUT2D eigenvalue weighted by Crippen LogP contribution is -2.25. The maximum Gasteiger partial charge on any atom is 0.254 e. The Kier molecular flexibility index (Phi) is 6.62. The fraction of sp³-hybridized carbons (Fsp3) is 0.400. The van der Waals surface area contributed by atoms with Crippen molar-refractivity contribution in [3.63, 3.8) is 0 Å². The topological polar surface area (TPSA) is 49.3 Å². The van der Waals surface area contributed by atoms with Crippen molar-refractivity contribution in [2.45, 2.75) is 26.2 Å². The molecule has 0 fully saturated rings. The van der Waals surface area contributed by atoms with E-state index in [4.69, 9.17) is 5.11 Å². The molecule has 1 rings (SSSR count). The van der Waals surface area contributed by atoms with Gasteiger partial charge in [-0.1, -0.05) is 25.2 Å². The minimum Gasteiger partial charge on any atom is -0.395 e. The minimum atomic E-state index is -0.554. The Bertz CT molecular complexity index is 489. The highest BCUT2D eigenvalue weighted by Crippen LogP contribution is 2.10. The van der Waals surface area contributed by atoms with Crippen LogP contribution >= 0.6 is 0 Å². The molecule has 1 aromatic carbocycles. The summed E-state index contributed by atoms with van der Waals surface area (Å²) in [6.07, 6.45) is 2.19. The van der Waals surface area contributed by atoms with Gasteiger partial charge in [-0.15, -0.1) is 0 Å². The average Bonchev–Trinajstić information content (AvgIpc) is 2.41. The van der Waals surface area contributed by atoms with Gasteiger partial charge in [-0.3, -0.25) is 4.79 Å². The number of hydrogen-bond acceptors (Lipinski definition) is 2. The van der Waals surface area contributed by atoms with E-state index >= 15 is 0 Å². The molecule has 1 aromatic rings. The Morgan fingerprint density at radius 1 is 1.47 bits per heavy atom. The molecule has 0 saturated carbocycles. The number of nitrogens with one attached hydrogen (secondary N) is 1. The van der Waals surface area contributed by atoms with Crippen molar-refractivity contribution < 1.29 is 14.3 Å². The monoisotopic (exact) mass is 263 g/mol. The fourth-order valence-corrected chi connectivity index (χ4v) is 1.47. The number of halogens is 1. The van der Waals surface area contributed by atoms with Gasteiger partial charge >= 0.3 is 0 Å². The lowest BCUT2D eigenvalue weighted by molar-refractivity contribution is 0.0949. The second-order valence-corrected chi connectivity index (χ2v) is 4.08. The summed E-state index contributed by atoms with van der Waals surface area (Å²) >= 11 is 0. The summed E-state index contributed by atoms with van der Waals surface area (Å²) in [5.41, 5.74) is 0.572. The quantitative estimate of drug-likeness (QED) is 0.631. The Hall–Kier alpha value is -1.86. The van der Waals surface area contributed by atoms with Crippen molar-refractivity contribution in [3.05, 3.63) is 35.1 Å². The van der Waals surface area contributed by atoms with E-state index in [1.54, 1.807) is 0 Å². The molecule has 0 aliphatic carbocycles. The third kappa shape index (κ3) is 5.11. The van der Waals surface area contributed by atoms with Crippen molar-refractivity contribution in [2.75, 3.05) is 13.2 Å². The Morgan fingerprint density at radius 3 is 2.95 bits per heavy atom. The third-order valence-electron chi connectivity index (χ3n) is 2.50. The molecule has 1 amide bonds. The molecular formula is C15H18FNO2. The number of benzene rings is 1. The van der Waals surface area contributed by atoms with Crippen LogP contribution in [0.3, 0.4) is 0 Å². The summed E-state index contributed by atoms with van der Waals surface area (Å²) in [7, 11) is 0. The van der Waals surface area contributed by atoms with Crippen molar-refractivity contribution in [3.8, 4) is 11.8 Å². The molecule has 0 radical (unpaired) electrons. The number of unbranched alkanes of at least 4 members (excludes halogenated alkanes) is 1. The second kappa shape index (κ2) is 8.28. The number of carbonyl (C=O) groups excluding carboxylic acids is 1. The molecule has 0 saturated heterocycles. The maximum atomic E-state index is 13.6. The van der Waals surface area contributed by atoms with Crippen LogP contribution in [0.2, 0.25) is 0 Å². The third-order valence-corrected chi connectivity index (χ3v) is 2.50. The van der Waals surface area contributed by atoms with Crippen LogP contribution < -0.4 is 5.32 Å². The van der Waals surface area contributed by atoms with Gasteiger partial charge in [0.2, 0.25) is 0 Å². The highest BCUT2D eigenvalue weighted by molar-refractivity contribution is 5.94. The van der Waals surface area contributed by atoms with Crippen LogP contribution in [0.4, 0.5) is 4.39 Å². The molecule has 3 nitrogen and oxygen atoms in total. The lowest BCUT2D eigenvalue weighted by Gasteiger charge is -2.05. The van der Waals surface area contributed by atoms with Crippen molar-refractivity contribution in [2.24, 2.45) is 0 Å². The van der Waals surface area contributed by atoms with E-state index in [0.717, 1.165) is 12.8 Å². The first-order valence-corrected chi connectivity index (χ1v) is 6.36. The van der Waals surface area contributed by atoms with Crippen LogP contribution in [0.15, 0.2) is 18.2 Å². The first-order valence-electron chi connectivity index (χ1n) is 6.36. The summed E-state index contributed by atoms with van der Waals surface area (Å²) in [4.78, 5) is 11.8. The molecule has 102 valence electrons. The van der Waals surface area contributed by atoms with E-state index in [0.29, 0.717) is 18.5 Å². The Balaban J connectivity index is 2.79. The SMILES string of the molecule is CCCCNC(=O)c1cc(C#CCCO)ccc1F. The predicted octanol–water partition coefficient (Wildman–Crippen LogP) is 2.09. The molecule has 19 heavy (non-hydrogen) atoms. The van der Waals surface area contributed by atoms with Gasteiger partial charge in [0.05, 0.1) is 12.2 Å². The summed E-state index contributed by atoms with van der Waals surface area (Å²) in [5.74, 6) is 4.54. The molecule has 0 unspecified atom stereocenters. The second-order valence-electron chi connectivity index (χ2n) is 4.08. The van der Waals surface area contributed by atoms with E-state index in [1.165, 1.54) is 18.2 Å². The van der Waals surface area contributed by atoms with Crippen molar-refractivity contribution in [1.82, 2.24) is 5.32 Å². The number of amides is 1. The number of rotatable bonds is 5. The number of carbonyl (C=O) groups is 1. The summed E-state index contributed by atoms with van der Waals surface area (Å²) in [6, 6.07) is 4.18. The largest absolute Gasteiger partial charge is 0.395 e. The molecule has 0 aromatic heterocycles. The highest BCUT2D eigenvalue weighted by Gasteiger charge is 2.11. The van der Waals surface area contributed by atoms with Gasteiger partial charge < -0.3 is 10.4 Å². The fourth-order valence-electron chi connectivity index (χ4n) is 1.47. The zero-order chi connectivity index (χ0) is 14.1. The van der Waals surface area contributed by atoms with Crippen LogP contribution in [0, 0.1) is 17.7 Å². The molecule has 2 N–H and O–H groups in total. The van der Waals surface area contributed by atoms with Crippen LogP contribution in [0.25, 0.3) is 0 Å². The van der Waals surface area contributed by atoms with Crippen LogP contribution in [0.5, 0.6) is 0 Å². The molecule has 0 spiro atoms. The zero-order valence-corrected chi connectivity index (χ0v) is 11.0. The van der Waals surface area contributed by atoms with Gasteiger partial charge in [0.25, 0.3) is 5.91 Å². The summed E-state index contributed by atoms with van der Waals surface area (Å²) in [6.45, 7) is 2.54. The van der Waals surface area contributed by atoms with E-state index < -0.39 is 11.7 Å². The standard InChI is InChI=1S/C15H18FNO2/c1-2-3-9-17-15(19)13-11-12(6-4-5-10-18)7-8-14(13)16/h7-8,11,18H,2-3,5,9-10H2,1H3,(H,17,19). The number of aliphatic hydroxyl groups excluding tert-OH is 1. The van der Waals surface area contributed by atoms with Gasteiger partial charge in [0.1, 0.15) is 5.82 Å². The van der Waals surface area contributed by atoms with Gasteiger partial charge in [0, 0.05) is 18.5 Å². The smallest absolute Gasteiger partial charge is 0.254 e. The van der Waals surface area contributed by atoms with Crippen LogP contribution in [-0.4, -0.2) is 24.2 Å². The molecule has 0 aliphatic heterocycles. The van der Waals surface area contributed by atoms with Gasteiger partial charge in [-0.2, -0.15) is 0 Å². The average molecular weight is 263 g/mol. The molecular weight excluding hydrogens is 245 g/mol. The predicted molar refractivity (Wildman–Crippen MR) is 72.2 cm³/mol. The van der Waals surface area contributed by atoms with Crippen molar-refractivity contribution >= 4 is 5.91 Å². The first kappa shape index (κ1) is 15.2. The normalized spacial score (nSPS) is 9.63. The van der Waals surface area contributed by atoms with E-state index in [2.05, 4.69) is 17.2 Å². The van der Waals surface area contributed by atoms with Crippen LogP contribution in [0.1, 0.15) is 42.1 Å². The Morgan fingerprint density at radius 2 is 2.26 bits per heavy atom. The Labute approximate surface area is 112 Å². The summed E-state index contributed by atoms with van der Waals surface area (Å²) in [5, 5.41) is 11.3.